The summed E-state index contributed by atoms with van der Waals surface area (Å²) in [5.74, 6) is 0. The van der Waals surface area contributed by atoms with Crippen molar-refractivity contribution >= 4 is 31.9 Å². The monoisotopic (exact) mass is 354 g/mol. The Labute approximate surface area is 118 Å². The molecule has 0 amide bonds. The molecule has 17 heavy (non-hydrogen) atoms. The maximum absolute atomic E-state index is 4.13. The molecule has 0 saturated heterocycles. The number of hydrogen-bond acceptors (Lipinski definition) is 2. The maximum atomic E-state index is 4.13. The van der Waals surface area contributed by atoms with E-state index in [-0.39, 0.29) is 0 Å². The van der Waals surface area contributed by atoms with Gasteiger partial charge in [0.1, 0.15) is 0 Å². The minimum absolute atomic E-state index is 0.822. The smallest absolute Gasteiger partial charge is 0.0410 e. The largest absolute Gasteiger partial charge is 0.309 e. The first kappa shape index (κ1) is 12.7. The second-order valence-electron chi connectivity index (χ2n) is 3.74. The molecule has 2 rings (SSSR count). The zero-order valence-electron chi connectivity index (χ0n) is 9.16. The van der Waals surface area contributed by atoms with Crippen LogP contribution in [0.4, 0.5) is 0 Å². The Morgan fingerprint density at radius 2 is 1.59 bits per heavy atom. The first-order chi connectivity index (χ1) is 8.24. The van der Waals surface area contributed by atoms with Crippen LogP contribution >= 0.6 is 31.9 Å². The molecule has 0 fully saturated rings. The van der Waals surface area contributed by atoms with Crippen LogP contribution in [0.3, 0.4) is 0 Å². The van der Waals surface area contributed by atoms with Gasteiger partial charge in [-0.3, -0.25) is 4.98 Å². The minimum Gasteiger partial charge on any atom is -0.309 e. The van der Waals surface area contributed by atoms with Crippen LogP contribution in [-0.2, 0) is 13.1 Å². The topological polar surface area (TPSA) is 24.9 Å². The molecule has 0 aliphatic rings. The van der Waals surface area contributed by atoms with Crippen LogP contribution in [0.15, 0.2) is 51.7 Å². The second kappa shape index (κ2) is 6.28. The maximum Gasteiger partial charge on any atom is 0.0410 e. The Bertz CT molecular complexity index is 483. The molecule has 2 aromatic rings. The third-order valence-corrected chi connectivity index (χ3v) is 3.30. The van der Waals surface area contributed by atoms with Gasteiger partial charge in [-0.05, 0) is 45.3 Å². The molecule has 88 valence electrons. The van der Waals surface area contributed by atoms with Crippen LogP contribution in [0.5, 0.6) is 0 Å². The van der Waals surface area contributed by atoms with Crippen molar-refractivity contribution in [1.82, 2.24) is 10.3 Å². The summed E-state index contributed by atoms with van der Waals surface area (Å²) in [5, 5.41) is 3.39. The number of halogens is 2. The van der Waals surface area contributed by atoms with E-state index in [1.54, 1.807) is 6.20 Å². The van der Waals surface area contributed by atoms with Gasteiger partial charge < -0.3 is 5.32 Å². The molecule has 1 heterocycles. The van der Waals surface area contributed by atoms with E-state index in [1.165, 1.54) is 11.1 Å². The quantitative estimate of drug-likeness (QED) is 0.899. The third kappa shape index (κ3) is 4.22. The first-order valence-electron chi connectivity index (χ1n) is 5.28. The molecule has 0 atom stereocenters. The SMILES string of the molecule is Brc1ccc(CNCc2cncc(Br)c2)cc1. The average molecular weight is 356 g/mol. The summed E-state index contributed by atoms with van der Waals surface area (Å²) in [6.45, 7) is 1.68. The predicted molar refractivity (Wildman–Crippen MR) is 76.6 cm³/mol. The van der Waals surface area contributed by atoms with E-state index in [0.29, 0.717) is 0 Å². The third-order valence-electron chi connectivity index (χ3n) is 2.33. The van der Waals surface area contributed by atoms with E-state index in [1.807, 2.05) is 6.20 Å². The normalized spacial score (nSPS) is 10.5. The van der Waals surface area contributed by atoms with Crippen molar-refractivity contribution in [3.63, 3.8) is 0 Å². The number of benzene rings is 1. The Morgan fingerprint density at radius 3 is 2.29 bits per heavy atom. The lowest BCUT2D eigenvalue weighted by molar-refractivity contribution is 0.691. The second-order valence-corrected chi connectivity index (χ2v) is 5.57. The van der Waals surface area contributed by atoms with Crippen LogP contribution in [0.25, 0.3) is 0 Å². The molecule has 1 N–H and O–H groups in total. The summed E-state index contributed by atoms with van der Waals surface area (Å²) < 4.78 is 2.12. The van der Waals surface area contributed by atoms with Crippen molar-refractivity contribution in [2.24, 2.45) is 0 Å². The van der Waals surface area contributed by atoms with Gasteiger partial charge >= 0.3 is 0 Å². The number of nitrogens with zero attached hydrogens (tertiary/aromatic N) is 1. The van der Waals surface area contributed by atoms with Crippen molar-refractivity contribution in [3.05, 3.63) is 62.8 Å². The van der Waals surface area contributed by atoms with Gasteiger partial charge in [-0.1, -0.05) is 28.1 Å². The number of nitrogens with one attached hydrogen (secondary N) is 1. The molecular weight excluding hydrogens is 344 g/mol. The summed E-state index contributed by atoms with van der Waals surface area (Å²) in [5.41, 5.74) is 2.45. The van der Waals surface area contributed by atoms with E-state index in [0.717, 1.165) is 22.0 Å². The first-order valence-corrected chi connectivity index (χ1v) is 6.87. The Hall–Kier alpha value is -0.710. The van der Waals surface area contributed by atoms with Gasteiger partial charge in [0, 0.05) is 34.4 Å². The van der Waals surface area contributed by atoms with Crippen molar-refractivity contribution in [2.45, 2.75) is 13.1 Å². The van der Waals surface area contributed by atoms with Crippen LogP contribution in [0, 0.1) is 0 Å². The number of hydrogen-bond donors (Lipinski definition) is 1. The molecule has 0 radical (unpaired) electrons. The fraction of sp³-hybridized carbons (Fsp3) is 0.154. The predicted octanol–water partition coefficient (Wildman–Crippen LogP) is 3.90. The Balaban J connectivity index is 1.85. The van der Waals surface area contributed by atoms with E-state index >= 15 is 0 Å². The molecular formula is C13H12Br2N2. The van der Waals surface area contributed by atoms with E-state index in [2.05, 4.69) is 72.5 Å². The fourth-order valence-corrected chi connectivity index (χ4v) is 2.18. The summed E-state index contributed by atoms with van der Waals surface area (Å²) >= 11 is 6.84. The number of rotatable bonds is 4. The summed E-state index contributed by atoms with van der Waals surface area (Å²) in [6, 6.07) is 10.4. The van der Waals surface area contributed by atoms with Crippen LogP contribution in [0.1, 0.15) is 11.1 Å². The molecule has 0 saturated carbocycles. The summed E-state index contributed by atoms with van der Waals surface area (Å²) in [6.07, 6.45) is 3.66. The van der Waals surface area contributed by atoms with Crippen molar-refractivity contribution in [2.75, 3.05) is 0 Å². The highest BCUT2D eigenvalue weighted by atomic mass is 79.9. The average Bonchev–Trinajstić information content (AvgIpc) is 2.32. The molecule has 0 bridgehead atoms. The van der Waals surface area contributed by atoms with E-state index in [9.17, 15) is 0 Å². The van der Waals surface area contributed by atoms with Gasteiger partial charge in [0.2, 0.25) is 0 Å². The highest BCUT2D eigenvalue weighted by molar-refractivity contribution is 9.10. The lowest BCUT2D eigenvalue weighted by Gasteiger charge is -2.05. The molecule has 2 nitrogen and oxygen atoms in total. The van der Waals surface area contributed by atoms with E-state index < -0.39 is 0 Å². The highest BCUT2D eigenvalue weighted by Crippen LogP contribution is 2.11. The van der Waals surface area contributed by atoms with Gasteiger partial charge in [-0.2, -0.15) is 0 Å². The molecule has 0 aliphatic heterocycles. The van der Waals surface area contributed by atoms with Gasteiger partial charge in [0.15, 0.2) is 0 Å². The fourth-order valence-electron chi connectivity index (χ4n) is 1.51. The van der Waals surface area contributed by atoms with Crippen molar-refractivity contribution in [1.29, 1.82) is 0 Å². The lowest BCUT2D eigenvalue weighted by Crippen LogP contribution is -2.12. The van der Waals surface area contributed by atoms with Crippen molar-refractivity contribution in [3.8, 4) is 0 Å². The van der Waals surface area contributed by atoms with Gasteiger partial charge in [-0.15, -0.1) is 0 Å². The summed E-state index contributed by atoms with van der Waals surface area (Å²) in [7, 11) is 0. The molecule has 0 unspecified atom stereocenters. The van der Waals surface area contributed by atoms with Crippen molar-refractivity contribution < 1.29 is 0 Å². The highest BCUT2D eigenvalue weighted by Gasteiger charge is 1.96. The van der Waals surface area contributed by atoms with Gasteiger partial charge in [0.05, 0.1) is 0 Å². The molecule has 1 aromatic heterocycles. The molecule has 0 spiro atoms. The van der Waals surface area contributed by atoms with Crippen LogP contribution in [-0.4, -0.2) is 4.98 Å². The number of pyridine rings is 1. The zero-order valence-corrected chi connectivity index (χ0v) is 12.3. The zero-order chi connectivity index (χ0) is 12.1. The Morgan fingerprint density at radius 1 is 0.882 bits per heavy atom. The summed E-state index contributed by atoms with van der Waals surface area (Å²) in [4.78, 5) is 4.13. The standard InChI is InChI=1S/C13H12Br2N2/c14-12-3-1-10(2-4-12)6-16-7-11-5-13(15)9-17-8-11/h1-5,8-9,16H,6-7H2. The van der Waals surface area contributed by atoms with Crippen LogP contribution < -0.4 is 5.32 Å². The minimum atomic E-state index is 0.822. The van der Waals surface area contributed by atoms with Gasteiger partial charge in [0.25, 0.3) is 0 Å². The van der Waals surface area contributed by atoms with Gasteiger partial charge in [-0.25, -0.2) is 0 Å². The Kier molecular flexibility index (Phi) is 4.71. The molecule has 0 aliphatic carbocycles. The molecule has 1 aromatic carbocycles. The lowest BCUT2D eigenvalue weighted by atomic mass is 10.2. The number of aromatic nitrogens is 1. The van der Waals surface area contributed by atoms with Crippen LogP contribution in [0.2, 0.25) is 0 Å². The van der Waals surface area contributed by atoms with E-state index in [4.69, 9.17) is 0 Å². The molecule has 4 heteroatoms.